The molecule has 0 unspecified atom stereocenters. The van der Waals surface area contributed by atoms with Gasteiger partial charge in [0, 0.05) is 19.2 Å². The van der Waals surface area contributed by atoms with E-state index in [9.17, 15) is 23.1 Å². The van der Waals surface area contributed by atoms with Crippen LogP contribution < -0.4 is 9.64 Å². The largest absolute Gasteiger partial charge is 0.465 e. The summed E-state index contributed by atoms with van der Waals surface area (Å²) in [4.78, 5) is 18.7. The Labute approximate surface area is 168 Å². The first-order chi connectivity index (χ1) is 13.6. The lowest BCUT2D eigenvalue weighted by molar-refractivity contribution is -0.189. The number of pyridine rings is 1. The van der Waals surface area contributed by atoms with Crippen LogP contribution in [0.2, 0.25) is 0 Å². The van der Waals surface area contributed by atoms with Crippen LogP contribution in [0.15, 0.2) is 18.3 Å². The van der Waals surface area contributed by atoms with Crippen LogP contribution in [-0.4, -0.2) is 53.6 Å². The molecule has 0 aromatic carbocycles. The fraction of sp³-hybridized carbons (Fsp3) is 0.700. The zero-order chi connectivity index (χ0) is 21.3. The number of hydrogen-bond acceptors (Lipinski definition) is 5. The van der Waals surface area contributed by atoms with Crippen LogP contribution in [0, 0.1) is 5.41 Å². The van der Waals surface area contributed by atoms with Crippen molar-refractivity contribution in [2.45, 2.75) is 63.8 Å². The van der Waals surface area contributed by atoms with E-state index in [1.165, 1.54) is 12.3 Å². The van der Waals surface area contributed by atoms with E-state index in [1.54, 1.807) is 11.0 Å². The maximum atomic E-state index is 13.1. The number of carbonyl (C=O) groups excluding carboxylic acids is 1. The highest BCUT2D eigenvalue weighted by atomic mass is 19.4. The van der Waals surface area contributed by atoms with Gasteiger partial charge in [0.2, 0.25) is 11.8 Å². The van der Waals surface area contributed by atoms with Crippen molar-refractivity contribution in [3.05, 3.63) is 18.3 Å². The molecule has 1 saturated carbocycles. The van der Waals surface area contributed by atoms with Crippen LogP contribution >= 0.6 is 0 Å². The van der Waals surface area contributed by atoms with Crippen LogP contribution in [0.3, 0.4) is 0 Å². The monoisotopic (exact) mass is 416 g/mol. The number of amides is 1. The molecule has 1 spiro atoms. The molecule has 1 amide bonds. The van der Waals surface area contributed by atoms with Crippen LogP contribution in [-0.2, 0) is 9.53 Å². The molecule has 9 heteroatoms. The predicted octanol–water partition coefficient (Wildman–Crippen LogP) is 3.48. The third kappa shape index (κ3) is 4.66. The molecule has 1 saturated heterocycles. The molecule has 2 heterocycles. The molecule has 1 aliphatic heterocycles. The molecule has 0 bridgehead atoms. The average molecular weight is 416 g/mol. The second-order valence-corrected chi connectivity index (χ2v) is 8.00. The number of aromatic nitrogens is 1. The second kappa shape index (κ2) is 8.10. The van der Waals surface area contributed by atoms with Crippen LogP contribution in [0.1, 0.15) is 46.0 Å². The van der Waals surface area contributed by atoms with Gasteiger partial charge < -0.3 is 19.5 Å². The van der Waals surface area contributed by atoms with Crippen molar-refractivity contribution in [1.82, 2.24) is 4.98 Å². The standard InChI is InChI=1S/C20H27F3N2O4/c1-3-28-13-19(27)8-6-18(7-9-19)10-11-25(17(18)26)15-4-5-16(24-12-15)29-14(2)20(21,22)23/h4-5,12,14,27H,3,6-11,13H2,1-2H3/t14-,18-,19-/m1/s1. The van der Waals surface area contributed by atoms with Gasteiger partial charge in [-0.05, 0) is 52.0 Å². The normalized spacial score (nSPS) is 28.8. The van der Waals surface area contributed by atoms with Crippen molar-refractivity contribution < 1.29 is 32.5 Å². The summed E-state index contributed by atoms with van der Waals surface area (Å²) in [6.07, 6.45) is -2.20. The molecule has 0 radical (unpaired) electrons. The molecular formula is C20H27F3N2O4. The minimum atomic E-state index is -4.47. The van der Waals surface area contributed by atoms with Crippen molar-refractivity contribution >= 4 is 11.6 Å². The van der Waals surface area contributed by atoms with Gasteiger partial charge in [0.05, 0.1) is 29.5 Å². The summed E-state index contributed by atoms with van der Waals surface area (Å²) in [5.74, 6) is -0.159. The summed E-state index contributed by atoms with van der Waals surface area (Å²) < 4.78 is 48.0. The Kier molecular flexibility index (Phi) is 6.10. The average Bonchev–Trinajstić information content (AvgIpc) is 2.99. The van der Waals surface area contributed by atoms with E-state index in [1.807, 2.05) is 6.92 Å². The first-order valence-corrected chi connectivity index (χ1v) is 9.90. The zero-order valence-corrected chi connectivity index (χ0v) is 16.7. The molecule has 2 fully saturated rings. The number of hydrogen-bond donors (Lipinski definition) is 1. The Bertz CT molecular complexity index is 715. The molecule has 3 rings (SSSR count). The number of alkyl halides is 3. The molecule has 1 atom stereocenters. The number of carbonyl (C=O) groups is 1. The molecule has 1 aromatic rings. The van der Waals surface area contributed by atoms with Gasteiger partial charge in [-0.25, -0.2) is 4.98 Å². The summed E-state index contributed by atoms with van der Waals surface area (Å²) in [6.45, 7) is 4.12. The Morgan fingerprint density at radius 3 is 2.48 bits per heavy atom. The molecular weight excluding hydrogens is 389 g/mol. The number of anilines is 1. The van der Waals surface area contributed by atoms with E-state index in [0.29, 0.717) is 50.9 Å². The third-order valence-corrected chi connectivity index (χ3v) is 6.02. The Morgan fingerprint density at radius 2 is 1.93 bits per heavy atom. The van der Waals surface area contributed by atoms with Gasteiger partial charge in [0.15, 0.2) is 6.10 Å². The Hall–Kier alpha value is -1.87. The Morgan fingerprint density at radius 1 is 1.24 bits per heavy atom. The summed E-state index contributed by atoms with van der Waals surface area (Å²) in [6, 6.07) is 2.90. The topological polar surface area (TPSA) is 71.9 Å². The fourth-order valence-corrected chi connectivity index (χ4v) is 4.01. The Balaban J connectivity index is 1.63. The van der Waals surface area contributed by atoms with Crippen LogP contribution in [0.5, 0.6) is 5.88 Å². The van der Waals surface area contributed by atoms with E-state index in [0.717, 1.165) is 6.92 Å². The molecule has 1 N–H and O–H groups in total. The van der Waals surface area contributed by atoms with Gasteiger partial charge in [-0.15, -0.1) is 0 Å². The summed E-state index contributed by atoms with van der Waals surface area (Å²) in [7, 11) is 0. The highest BCUT2D eigenvalue weighted by Gasteiger charge is 2.51. The smallest absolute Gasteiger partial charge is 0.425 e. The highest BCUT2D eigenvalue weighted by Crippen LogP contribution is 2.48. The SMILES string of the molecule is CCOC[C@]1(O)CC[C@@]2(CCN(c3ccc(O[C@H](C)C(F)(F)F)nc3)C2=O)CC1. The lowest BCUT2D eigenvalue weighted by atomic mass is 9.68. The van der Waals surface area contributed by atoms with E-state index in [-0.39, 0.29) is 18.4 Å². The maximum absolute atomic E-state index is 13.1. The maximum Gasteiger partial charge on any atom is 0.425 e. The predicted molar refractivity (Wildman–Crippen MR) is 99.7 cm³/mol. The van der Waals surface area contributed by atoms with Crippen LogP contribution in [0.4, 0.5) is 18.9 Å². The van der Waals surface area contributed by atoms with Gasteiger partial charge >= 0.3 is 6.18 Å². The third-order valence-electron chi connectivity index (χ3n) is 6.02. The molecule has 1 aliphatic carbocycles. The van der Waals surface area contributed by atoms with Crippen molar-refractivity contribution in [3.8, 4) is 5.88 Å². The van der Waals surface area contributed by atoms with Crippen molar-refractivity contribution in [1.29, 1.82) is 0 Å². The number of rotatable bonds is 6. The number of halogens is 3. The lowest BCUT2D eigenvalue weighted by Crippen LogP contribution is -2.45. The van der Waals surface area contributed by atoms with Gasteiger partial charge in [0.25, 0.3) is 0 Å². The number of nitrogens with zero attached hydrogens (tertiary/aromatic N) is 2. The lowest BCUT2D eigenvalue weighted by Gasteiger charge is -2.40. The molecule has 29 heavy (non-hydrogen) atoms. The highest BCUT2D eigenvalue weighted by molar-refractivity contribution is 5.99. The number of aliphatic hydroxyl groups is 1. The second-order valence-electron chi connectivity index (χ2n) is 8.00. The minimum Gasteiger partial charge on any atom is -0.465 e. The number of ether oxygens (including phenoxy) is 2. The molecule has 2 aliphatic rings. The van der Waals surface area contributed by atoms with E-state index in [2.05, 4.69) is 4.98 Å². The van der Waals surface area contributed by atoms with Gasteiger partial charge in [0.1, 0.15) is 0 Å². The summed E-state index contributed by atoms with van der Waals surface area (Å²) >= 11 is 0. The van der Waals surface area contributed by atoms with Crippen molar-refractivity contribution in [2.24, 2.45) is 5.41 Å². The van der Waals surface area contributed by atoms with Crippen LogP contribution in [0.25, 0.3) is 0 Å². The van der Waals surface area contributed by atoms with Gasteiger partial charge in [-0.2, -0.15) is 13.2 Å². The first kappa shape index (κ1) is 21.8. The van der Waals surface area contributed by atoms with Gasteiger partial charge in [-0.1, -0.05) is 0 Å². The molecule has 6 nitrogen and oxygen atoms in total. The summed E-state index contributed by atoms with van der Waals surface area (Å²) in [5.41, 5.74) is -0.850. The first-order valence-electron chi connectivity index (χ1n) is 9.90. The zero-order valence-electron chi connectivity index (χ0n) is 16.7. The van der Waals surface area contributed by atoms with E-state index >= 15 is 0 Å². The molecule has 1 aromatic heterocycles. The minimum absolute atomic E-state index is 0.0184. The van der Waals surface area contributed by atoms with Crippen molar-refractivity contribution in [3.63, 3.8) is 0 Å². The van der Waals surface area contributed by atoms with E-state index < -0.39 is 23.3 Å². The fourth-order valence-electron chi connectivity index (χ4n) is 4.01. The van der Waals surface area contributed by atoms with Crippen molar-refractivity contribution in [2.75, 3.05) is 24.7 Å². The quantitative estimate of drug-likeness (QED) is 0.769. The molecule has 162 valence electrons. The van der Waals surface area contributed by atoms with Gasteiger partial charge in [-0.3, -0.25) is 4.79 Å². The summed E-state index contributed by atoms with van der Waals surface area (Å²) in [5, 5.41) is 10.6. The van der Waals surface area contributed by atoms with E-state index in [4.69, 9.17) is 9.47 Å².